The number of halogens is 1. The van der Waals surface area contributed by atoms with Crippen molar-refractivity contribution in [2.24, 2.45) is 5.92 Å². The van der Waals surface area contributed by atoms with E-state index in [0.717, 1.165) is 0 Å². The maximum Gasteiger partial charge on any atom is 0.272 e. The summed E-state index contributed by atoms with van der Waals surface area (Å²) in [6.07, 6.45) is 0.116. The molecule has 1 heterocycles. The van der Waals surface area contributed by atoms with Crippen molar-refractivity contribution in [3.63, 3.8) is 0 Å². The van der Waals surface area contributed by atoms with Crippen molar-refractivity contribution < 1.29 is 23.8 Å². The number of hydrogen-bond acceptors (Lipinski definition) is 5. The first-order valence-corrected chi connectivity index (χ1v) is 18.9. The normalized spacial score (nSPS) is 25.4. The molecule has 208 valence electrons. The zero-order chi connectivity index (χ0) is 28.0. The second-order valence-corrected chi connectivity index (χ2v) is 23.4. The van der Waals surface area contributed by atoms with E-state index in [1.165, 1.54) is 0 Å². The van der Waals surface area contributed by atoms with Crippen LogP contribution >= 0.6 is 22.6 Å². The summed E-state index contributed by atoms with van der Waals surface area (Å²) >= 11 is 1.99. The van der Waals surface area contributed by atoms with Gasteiger partial charge in [0.15, 0.2) is 0 Å². The van der Waals surface area contributed by atoms with Crippen molar-refractivity contribution in [1.82, 2.24) is 0 Å². The fourth-order valence-electron chi connectivity index (χ4n) is 6.77. The molecule has 0 aromatic carbocycles. The lowest BCUT2D eigenvalue weighted by atomic mass is 9.87. The summed E-state index contributed by atoms with van der Waals surface area (Å²) in [4.78, 5) is 0. The van der Waals surface area contributed by atoms with Crippen molar-refractivity contribution in [3.8, 4) is 21.9 Å². The summed E-state index contributed by atoms with van der Waals surface area (Å²) in [5, 5.41) is 21.8. The molecule has 1 fully saturated rings. The van der Waals surface area contributed by atoms with Gasteiger partial charge in [0.25, 0.3) is 8.32 Å². The molecular weight excluding hydrogens is 599 g/mol. The highest BCUT2D eigenvalue weighted by Gasteiger charge is 2.53. The summed E-state index contributed by atoms with van der Waals surface area (Å²) in [5.74, 6) is 5.62. The third-order valence-corrected chi connectivity index (χ3v) is 20.6. The fraction of sp³-hybridized carbons (Fsp3) is 0.857. The molecule has 0 saturated carbocycles. The van der Waals surface area contributed by atoms with Crippen LogP contribution in [0.4, 0.5) is 0 Å². The van der Waals surface area contributed by atoms with Gasteiger partial charge >= 0.3 is 0 Å². The Labute approximate surface area is 237 Å². The molecule has 1 aliphatic heterocycles. The Morgan fingerprint density at radius 1 is 0.778 bits per heavy atom. The molecule has 1 saturated heterocycles. The van der Waals surface area contributed by atoms with Crippen LogP contribution in [-0.4, -0.2) is 57.9 Å². The molecular formula is C28H51IO5Si2. The van der Waals surface area contributed by atoms with E-state index < -0.39 is 47.0 Å². The third kappa shape index (κ3) is 6.91. The van der Waals surface area contributed by atoms with Crippen LogP contribution in [0.1, 0.15) is 83.1 Å². The van der Waals surface area contributed by atoms with Gasteiger partial charge in [-0.25, -0.2) is 0 Å². The van der Waals surface area contributed by atoms with Crippen molar-refractivity contribution in [3.05, 3.63) is 0 Å². The molecule has 0 aromatic rings. The molecule has 0 amide bonds. The summed E-state index contributed by atoms with van der Waals surface area (Å²) in [6, 6.07) is 0. The standard InChI is InChI=1S/C28H51IO5Si2/c1-18(2)35(19(3)4,20(5)6)32-16-14-24-26(17-30)33-25(13-15-29)28(27(24)31)34-36(21(7)8,22(9)10)23(11)12/h18-28,30-31H,17H2,1-12H3/t24-,25+,26-,27+,28+/m1/s1. The van der Waals surface area contributed by atoms with Crippen LogP contribution in [0.3, 0.4) is 0 Å². The monoisotopic (exact) mass is 650 g/mol. The number of hydrogen-bond donors (Lipinski definition) is 2. The summed E-state index contributed by atoms with van der Waals surface area (Å²) < 4.78 is 22.6. The molecule has 1 rings (SSSR count). The van der Waals surface area contributed by atoms with E-state index in [1.807, 2.05) is 22.6 Å². The Morgan fingerprint density at radius 2 is 1.22 bits per heavy atom. The van der Waals surface area contributed by atoms with Crippen LogP contribution in [0.2, 0.25) is 33.2 Å². The molecule has 0 radical (unpaired) electrons. The first kappa shape index (κ1) is 34.0. The topological polar surface area (TPSA) is 68.2 Å². The SMILES string of the molecule is CC(C)[Si](OC#C[C@H]1[C@H](O)[C@@H](O[Si](C(C)C)(C(C)C)C(C)C)[C@H](C#CI)O[C@@H]1CO)(C(C)C)C(C)C. The maximum atomic E-state index is 11.7. The smallest absolute Gasteiger partial charge is 0.272 e. The van der Waals surface area contributed by atoms with Gasteiger partial charge in [0, 0.05) is 22.6 Å². The molecule has 8 heteroatoms. The molecule has 0 aromatic heterocycles. The molecule has 5 nitrogen and oxygen atoms in total. The minimum absolute atomic E-state index is 0.259. The van der Waals surface area contributed by atoms with Gasteiger partial charge in [0.05, 0.1) is 30.8 Å². The van der Waals surface area contributed by atoms with Crippen LogP contribution in [0.5, 0.6) is 0 Å². The van der Waals surface area contributed by atoms with E-state index in [9.17, 15) is 10.2 Å². The first-order valence-electron chi connectivity index (χ1n) is 13.6. The fourth-order valence-corrected chi connectivity index (χ4v) is 17.6. The van der Waals surface area contributed by atoms with Gasteiger partial charge in [-0.3, -0.25) is 0 Å². The predicted octanol–water partition coefficient (Wildman–Crippen LogP) is 6.83. The Morgan fingerprint density at radius 3 is 1.58 bits per heavy atom. The summed E-state index contributed by atoms with van der Waals surface area (Å²) in [5.41, 5.74) is 2.20. The van der Waals surface area contributed by atoms with E-state index in [2.05, 4.69) is 105 Å². The van der Waals surface area contributed by atoms with E-state index >= 15 is 0 Å². The van der Waals surface area contributed by atoms with E-state index in [0.29, 0.717) is 33.2 Å². The Kier molecular flexibility index (Phi) is 13.5. The zero-order valence-electron chi connectivity index (χ0n) is 24.6. The molecule has 1 aliphatic rings. The van der Waals surface area contributed by atoms with Crippen LogP contribution in [-0.2, 0) is 13.6 Å². The minimum Gasteiger partial charge on any atom is -0.500 e. The Balaban J connectivity index is 3.50. The Hall–Kier alpha value is -0.0762. The minimum atomic E-state index is -2.34. The van der Waals surface area contributed by atoms with Gasteiger partial charge in [-0.05, 0) is 37.2 Å². The van der Waals surface area contributed by atoms with Crippen LogP contribution in [0.25, 0.3) is 0 Å². The van der Waals surface area contributed by atoms with Crippen molar-refractivity contribution in [2.45, 2.75) is 141 Å². The second kappa shape index (κ2) is 14.3. The average molecular weight is 651 g/mol. The number of ether oxygens (including phenoxy) is 1. The molecule has 0 bridgehead atoms. The van der Waals surface area contributed by atoms with Gasteiger partial charge in [-0.15, -0.1) is 0 Å². The number of rotatable bonds is 10. The molecule has 5 atom stereocenters. The zero-order valence-corrected chi connectivity index (χ0v) is 28.7. The van der Waals surface area contributed by atoms with Crippen molar-refractivity contribution >= 4 is 39.2 Å². The lowest BCUT2D eigenvalue weighted by Crippen LogP contribution is -2.61. The van der Waals surface area contributed by atoms with Gasteiger partial charge in [0.1, 0.15) is 12.2 Å². The van der Waals surface area contributed by atoms with Crippen LogP contribution in [0, 0.1) is 27.8 Å². The molecule has 36 heavy (non-hydrogen) atoms. The first-order chi connectivity index (χ1) is 16.6. The molecule has 0 spiro atoms. The second-order valence-electron chi connectivity index (χ2n) is 12.1. The summed E-state index contributed by atoms with van der Waals surface area (Å²) in [7, 11) is -4.54. The molecule has 0 unspecified atom stereocenters. The maximum absolute atomic E-state index is 11.7. The van der Waals surface area contributed by atoms with E-state index in [1.54, 1.807) is 0 Å². The van der Waals surface area contributed by atoms with Crippen LogP contribution in [0.15, 0.2) is 0 Å². The quantitative estimate of drug-likeness (QED) is 0.154. The average Bonchev–Trinajstić information content (AvgIpc) is 2.75. The predicted molar refractivity (Wildman–Crippen MR) is 163 cm³/mol. The van der Waals surface area contributed by atoms with Gasteiger partial charge in [-0.1, -0.05) is 94.9 Å². The van der Waals surface area contributed by atoms with Gasteiger partial charge < -0.3 is 23.8 Å². The molecule has 0 aliphatic carbocycles. The lowest BCUT2D eigenvalue weighted by Gasteiger charge is -2.49. The highest BCUT2D eigenvalue weighted by atomic mass is 127. The van der Waals surface area contributed by atoms with E-state index in [-0.39, 0.29) is 6.61 Å². The largest absolute Gasteiger partial charge is 0.500 e. The third-order valence-electron chi connectivity index (χ3n) is 8.31. The highest BCUT2D eigenvalue weighted by molar-refractivity contribution is 14.1. The lowest BCUT2D eigenvalue weighted by molar-refractivity contribution is -0.173. The number of aliphatic hydroxyl groups excluding tert-OH is 2. The Bertz CT molecular complexity index is 763. The van der Waals surface area contributed by atoms with Gasteiger partial charge in [-0.2, -0.15) is 0 Å². The van der Waals surface area contributed by atoms with E-state index in [4.69, 9.17) is 13.6 Å². The van der Waals surface area contributed by atoms with Crippen molar-refractivity contribution in [2.75, 3.05) is 6.61 Å². The number of aliphatic hydroxyl groups is 2. The molecule has 2 N–H and O–H groups in total. The van der Waals surface area contributed by atoms with Crippen LogP contribution < -0.4 is 0 Å². The van der Waals surface area contributed by atoms with Crippen molar-refractivity contribution in [1.29, 1.82) is 0 Å². The highest BCUT2D eigenvalue weighted by Crippen LogP contribution is 2.45. The van der Waals surface area contributed by atoms with Gasteiger partial charge in [0.2, 0.25) is 8.32 Å². The summed E-state index contributed by atoms with van der Waals surface area (Å²) in [6.45, 7) is 26.4.